The summed E-state index contributed by atoms with van der Waals surface area (Å²) in [7, 11) is 3.42. The molecule has 2 rings (SSSR count). The Morgan fingerprint density at radius 2 is 2.14 bits per heavy atom. The highest BCUT2D eigenvalue weighted by molar-refractivity contribution is 6.17. The van der Waals surface area contributed by atoms with Crippen LogP contribution in [0.25, 0.3) is 11.0 Å². The second-order valence-corrected chi connectivity index (χ2v) is 5.71. The van der Waals surface area contributed by atoms with Crippen LogP contribution in [0, 0.1) is 12.7 Å². The summed E-state index contributed by atoms with van der Waals surface area (Å²) in [6, 6.07) is 2.73. The maximum Gasteiger partial charge on any atom is 0.244 e. The lowest BCUT2D eigenvalue weighted by atomic mass is 10.2. The Hall–Kier alpha value is -1.62. The van der Waals surface area contributed by atoms with E-state index >= 15 is 0 Å². The van der Waals surface area contributed by atoms with Gasteiger partial charge in [0.05, 0.1) is 11.0 Å². The Morgan fingerprint density at radius 3 is 2.71 bits per heavy atom. The van der Waals surface area contributed by atoms with E-state index in [1.54, 1.807) is 27.1 Å². The molecule has 1 aromatic heterocycles. The lowest BCUT2D eigenvalue weighted by Gasteiger charge is -2.20. The summed E-state index contributed by atoms with van der Waals surface area (Å²) in [4.78, 5) is 18.2. The summed E-state index contributed by atoms with van der Waals surface area (Å²) in [5.74, 6) is 0.768. The van der Waals surface area contributed by atoms with Crippen molar-refractivity contribution in [2.75, 3.05) is 20.0 Å². The number of alkyl halides is 1. The van der Waals surface area contributed by atoms with Crippen molar-refractivity contribution in [1.29, 1.82) is 0 Å². The topological polar surface area (TPSA) is 38.1 Å². The van der Waals surface area contributed by atoms with Crippen LogP contribution in [0.1, 0.15) is 24.4 Å². The number of hydrogen-bond donors (Lipinski definition) is 0. The predicted octanol–water partition coefficient (Wildman–Crippen LogP) is 2.91. The van der Waals surface area contributed by atoms with Gasteiger partial charge >= 0.3 is 0 Å². The second-order valence-electron chi connectivity index (χ2n) is 5.34. The molecule has 1 atom stereocenters. The van der Waals surface area contributed by atoms with E-state index in [-0.39, 0.29) is 11.7 Å². The number of imidazole rings is 1. The molecule has 0 saturated heterocycles. The quantitative estimate of drug-likeness (QED) is 0.814. The first kappa shape index (κ1) is 15.8. The smallest absolute Gasteiger partial charge is 0.244 e. The van der Waals surface area contributed by atoms with E-state index < -0.39 is 6.04 Å². The minimum Gasteiger partial charge on any atom is -0.347 e. The lowest BCUT2D eigenvalue weighted by molar-refractivity contribution is -0.131. The number of nitrogens with zero attached hydrogens (tertiary/aromatic N) is 3. The number of carbonyl (C=O) groups is 1. The van der Waals surface area contributed by atoms with Gasteiger partial charge in [0.1, 0.15) is 17.7 Å². The number of aryl methyl sites for hydroxylation is 2. The lowest BCUT2D eigenvalue weighted by Crippen LogP contribution is -2.30. The molecule has 1 unspecified atom stereocenters. The van der Waals surface area contributed by atoms with Crippen LogP contribution in [0.5, 0.6) is 0 Å². The zero-order valence-electron chi connectivity index (χ0n) is 12.7. The van der Waals surface area contributed by atoms with E-state index in [4.69, 9.17) is 11.6 Å². The Kier molecular flexibility index (Phi) is 4.52. The minimum atomic E-state index is -0.409. The molecule has 0 bridgehead atoms. The van der Waals surface area contributed by atoms with Gasteiger partial charge in [-0.15, -0.1) is 11.6 Å². The molecule has 4 nitrogen and oxygen atoms in total. The maximum atomic E-state index is 13.7. The number of benzene rings is 1. The number of fused-ring (bicyclic) bond motifs is 1. The molecular formula is C15H19ClFN3O. The molecule has 0 aliphatic rings. The van der Waals surface area contributed by atoms with Crippen molar-refractivity contribution in [2.24, 2.45) is 0 Å². The molecule has 1 amide bonds. The average Bonchev–Trinajstić information content (AvgIpc) is 2.75. The van der Waals surface area contributed by atoms with E-state index in [1.165, 1.54) is 11.0 Å². The largest absolute Gasteiger partial charge is 0.347 e. The Bertz CT molecular complexity index is 681. The first-order valence-electron chi connectivity index (χ1n) is 6.81. The highest BCUT2D eigenvalue weighted by Gasteiger charge is 2.23. The standard InChI is InChI=1S/C15H19ClFN3O/c1-9-7-13-12(8-11(9)17)18-14(5-6-16)20(13)10(2)15(21)19(3)4/h7-8,10H,5-6H2,1-4H3. The number of hydrogen-bond acceptors (Lipinski definition) is 2. The van der Waals surface area contributed by atoms with Gasteiger partial charge in [0, 0.05) is 32.5 Å². The molecule has 1 aromatic carbocycles. The molecule has 6 heteroatoms. The number of amides is 1. The van der Waals surface area contributed by atoms with Crippen molar-refractivity contribution in [3.8, 4) is 0 Å². The van der Waals surface area contributed by atoms with Gasteiger partial charge in [-0.1, -0.05) is 0 Å². The van der Waals surface area contributed by atoms with Gasteiger partial charge < -0.3 is 9.47 Å². The summed E-state index contributed by atoms with van der Waals surface area (Å²) in [6.07, 6.45) is 0.530. The van der Waals surface area contributed by atoms with E-state index in [0.717, 1.165) is 5.52 Å². The minimum absolute atomic E-state index is 0.0351. The molecule has 21 heavy (non-hydrogen) atoms. The highest BCUT2D eigenvalue weighted by atomic mass is 35.5. The molecule has 0 N–H and O–H groups in total. The molecule has 114 valence electrons. The van der Waals surface area contributed by atoms with Crippen molar-refractivity contribution < 1.29 is 9.18 Å². The van der Waals surface area contributed by atoms with Crippen molar-refractivity contribution in [3.05, 3.63) is 29.3 Å². The molecular weight excluding hydrogens is 293 g/mol. The number of aromatic nitrogens is 2. The average molecular weight is 312 g/mol. The third-order valence-electron chi connectivity index (χ3n) is 3.55. The van der Waals surface area contributed by atoms with Gasteiger partial charge in [-0.3, -0.25) is 4.79 Å². The van der Waals surface area contributed by atoms with Crippen LogP contribution in [0.4, 0.5) is 4.39 Å². The monoisotopic (exact) mass is 311 g/mol. The van der Waals surface area contributed by atoms with Crippen molar-refractivity contribution in [2.45, 2.75) is 26.3 Å². The Labute approximate surface area is 128 Å². The molecule has 0 aliphatic heterocycles. The third-order valence-corrected chi connectivity index (χ3v) is 3.74. The summed E-state index contributed by atoms with van der Waals surface area (Å²) in [6.45, 7) is 3.52. The van der Waals surface area contributed by atoms with Gasteiger partial charge in [-0.25, -0.2) is 9.37 Å². The maximum absolute atomic E-state index is 13.7. The number of likely N-dealkylation sites (N-methyl/N-ethyl adjacent to an activating group) is 1. The molecule has 0 fully saturated rings. The fraction of sp³-hybridized carbons (Fsp3) is 0.467. The Balaban J connectivity index is 2.65. The fourth-order valence-electron chi connectivity index (χ4n) is 2.45. The van der Waals surface area contributed by atoms with Crippen LogP contribution in [0.3, 0.4) is 0 Å². The van der Waals surface area contributed by atoms with E-state index in [2.05, 4.69) is 4.98 Å². The SMILES string of the molecule is Cc1cc2c(cc1F)nc(CCCl)n2C(C)C(=O)N(C)C. The van der Waals surface area contributed by atoms with Crippen molar-refractivity contribution in [3.63, 3.8) is 0 Å². The van der Waals surface area contributed by atoms with E-state index in [9.17, 15) is 9.18 Å². The zero-order valence-corrected chi connectivity index (χ0v) is 13.4. The fourth-order valence-corrected chi connectivity index (χ4v) is 2.62. The Morgan fingerprint density at radius 1 is 1.48 bits per heavy atom. The normalized spacial score (nSPS) is 12.7. The first-order chi connectivity index (χ1) is 9.86. The van der Waals surface area contributed by atoms with Crippen LogP contribution in [-0.2, 0) is 11.2 Å². The summed E-state index contributed by atoms with van der Waals surface area (Å²) < 4.78 is 15.6. The van der Waals surface area contributed by atoms with Crippen molar-refractivity contribution >= 4 is 28.5 Å². The summed E-state index contributed by atoms with van der Waals surface area (Å²) in [5.41, 5.74) is 1.85. The number of halogens is 2. The molecule has 0 saturated carbocycles. The van der Waals surface area contributed by atoms with Crippen LogP contribution < -0.4 is 0 Å². The predicted molar refractivity (Wildman–Crippen MR) is 82.3 cm³/mol. The van der Waals surface area contributed by atoms with Crippen LogP contribution >= 0.6 is 11.6 Å². The van der Waals surface area contributed by atoms with E-state index in [1.807, 2.05) is 11.5 Å². The molecule has 1 heterocycles. The van der Waals surface area contributed by atoms with Gasteiger partial charge in [-0.2, -0.15) is 0 Å². The number of carbonyl (C=O) groups excluding carboxylic acids is 1. The first-order valence-corrected chi connectivity index (χ1v) is 7.34. The van der Waals surface area contributed by atoms with Crippen molar-refractivity contribution in [1.82, 2.24) is 14.5 Å². The third kappa shape index (κ3) is 2.88. The highest BCUT2D eigenvalue weighted by Crippen LogP contribution is 2.25. The zero-order chi connectivity index (χ0) is 15.7. The molecule has 0 radical (unpaired) electrons. The van der Waals surface area contributed by atoms with Gasteiger partial charge in [0.2, 0.25) is 5.91 Å². The van der Waals surface area contributed by atoms with Gasteiger partial charge in [-0.05, 0) is 25.5 Å². The summed E-state index contributed by atoms with van der Waals surface area (Å²) >= 11 is 5.82. The molecule has 2 aromatic rings. The van der Waals surface area contributed by atoms with Crippen LogP contribution in [-0.4, -0.2) is 40.3 Å². The number of rotatable bonds is 4. The van der Waals surface area contributed by atoms with Gasteiger partial charge in [0.15, 0.2) is 0 Å². The van der Waals surface area contributed by atoms with Crippen LogP contribution in [0.15, 0.2) is 12.1 Å². The van der Waals surface area contributed by atoms with Gasteiger partial charge in [0.25, 0.3) is 0 Å². The van der Waals surface area contributed by atoms with E-state index in [0.29, 0.717) is 29.2 Å². The summed E-state index contributed by atoms with van der Waals surface area (Å²) in [5, 5.41) is 0. The molecule has 0 spiro atoms. The second kappa shape index (κ2) is 6.02. The molecule has 0 aliphatic carbocycles. The van der Waals surface area contributed by atoms with Crippen LogP contribution in [0.2, 0.25) is 0 Å².